The van der Waals surface area contributed by atoms with E-state index in [4.69, 9.17) is 11.6 Å². The third kappa shape index (κ3) is 2.09. The van der Waals surface area contributed by atoms with Gasteiger partial charge in [-0.2, -0.15) is 0 Å². The van der Waals surface area contributed by atoms with Gasteiger partial charge in [0, 0.05) is 0 Å². The summed E-state index contributed by atoms with van der Waals surface area (Å²) in [5, 5.41) is 0.257. The summed E-state index contributed by atoms with van der Waals surface area (Å²) in [4.78, 5) is 0. The summed E-state index contributed by atoms with van der Waals surface area (Å²) in [6, 6.07) is 5.14. The molecule has 0 N–H and O–H groups in total. The molecule has 1 saturated carbocycles. The lowest BCUT2D eigenvalue weighted by molar-refractivity contribution is 0.443. The summed E-state index contributed by atoms with van der Waals surface area (Å²) >= 11 is 5.76. The zero-order valence-electron chi connectivity index (χ0n) is 8.10. The first-order valence-electron chi connectivity index (χ1n) is 5.22. The van der Waals surface area contributed by atoms with Crippen molar-refractivity contribution in [2.75, 3.05) is 0 Å². The average molecular weight is 213 g/mol. The number of hydrogen-bond donors (Lipinski definition) is 0. The van der Waals surface area contributed by atoms with Crippen LogP contribution in [0, 0.1) is 5.82 Å². The number of benzene rings is 1. The van der Waals surface area contributed by atoms with Gasteiger partial charge >= 0.3 is 0 Å². The van der Waals surface area contributed by atoms with Crippen LogP contribution in [0.3, 0.4) is 0 Å². The molecule has 1 aliphatic rings. The summed E-state index contributed by atoms with van der Waals surface area (Å²) in [5.41, 5.74) is 1.20. The third-order valence-corrected chi connectivity index (χ3v) is 3.31. The van der Waals surface area contributed by atoms with Crippen molar-refractivity contribution in [2.24, 2.45) is 0 Å². The molecule has 2 heteroatoms. The Kier molecular flexibility index (Phi) is 3.07. The number of hydrogen-bond acceptors (Lipinski definition) is 0. The van der Waals surface area contributed by atoms with Crippen molar-refractivity contribution in [3.8, 4) is 0 Å². The predicted octanol–water partition coefficient (Wildman–Crippen LogP) is 4.53. The largest absolute Gasteiger partial charge is 0.205 e. The fraction of sp³-hybridized carbons (Fsp3) is 0.500. The molecule has 2 rings (SSSR count). The molecule has 0 saturated heterocycles. The van der Waals surface area contributed by atoms with Crippen molar-refractivity contribution in [1.29, 1.82) is 0 Å². The monoisotopic (exact) mass is 212 g/mol. The summed E-state index contributed by atoms with van der Waals surface area (Å²) < 4.78 is 12.9. The first-order chi connectivity index (χ1) is 6.77. The van der Waals surface area contributed by atoms with Gasteiger partial charge in [0.1, 0.15) is 5.82 Å². The van der Waals surface area contributed by atoms with Crippen LogP contribution >= 0.6 is 11.6 Å². The van der Waals surface area contributed by atoms with Gasteiger partial charge in [-0.05, 0) is 36.5 Å². The van der Waals surface area contributed by atoms with E-state index in [9.17, 15) is 4.39 Å². The average Bonchev–Trinajstić information content (AvgIpc) is 2.23. The van der Waals surface area contributed by atoms with Crippen LogP contribution in [0.5, 0.6) is 0 Å². The van der Waals surface area contributed by atoms with E-state index < -0.39 is 0 Å². The van der Waals surface area contributed by atoms with E-state index >= 15 is 0 Å². The standard InChI is InChI=1S/C12H14ClF/c13-11-8-10(6-7-12(11)14)9-4-2-1-3-5-9/h6-9H,1-5H2. The van der Waals surface area contributed by atoms with Gasteiger partial charge in [-0.1, -0.05) is 36.9 Å². The topological polar surface area (TPSA) is 0 Å². The van der Waals surface area contributed by atoms with Crippen molar-refractivity contribution >= 4 is 11.6 Å². The van der Waals surface area contributed by atoms with Crippen molar-refractivity contribution in [2.45, 2.75) is 38.0 Å². The van der Waals surface area contributed by atoms with Crippen LogP contribution in [0.25, 0.3) is 0 Å². The molecule has 0 unspecified atom stereocenters. The van der Waals surface area contributed by atoms with E-state index in [0.717, 1.165) is 0 Å². The maximum atomic E-state index is 12.9. The quantitative estimate of drug-likeness (QED) is 0.642. The molecule has 0 amide bonds. The Hall–Kier alpha value is -0.560. The highest BCUT2D eigenvalue weighted by molar-refractivity contribution is 6.30. The van der Waals surface area contributed by atoms with Gasteiger partial charge in [0.15, 0.2) is 0 Å². The minimum atomic E-state index is -0.314. The van der Waals surface area contributed by atoms with Gasteiger partial charge < -0.3 is 0 Å². The molecule has 1 aliphatic carbocycles. The van der Waals surface area contributed by atoms with Crippen molar-refractivity contribution in [3.63, 3.8) is 0 Å². The lowest BCUT2D eigenvalue weighted by atomic mass is 9.84. The second kappa shape index (κ2) is 4.31. The molecule has 76 valence electrons. The summed E-state index contributed by atoms with van der Waals surface area (Å²) in [5.74, 6) is 0.285. The maximum Gasteiger partial charge on any atom is 0.141 e. The summed E-state index contributed by atoms with van der Waals surface area (Å²) in [6.07, 6.45) is 6.37. The van der Waals surface area contributed by atoms with Gasteiger partial charge in [-0.25, -0.2) is 4.39 Å². The smallest absolute Gasteiger partial charge is 0.141 e. The van der Waals surface area contributed by atoms with Crippen LogP contribution in [0.4, 0.5) is 4.39 Å². The molecule has 0 radical (unpaired) electrons. The predicted molar refractivity (Wildman–Crippen MR) is 57.2 cm³/mol. The second-order valence-electron chi connectivity index (χ2n) is 4.01. The van der Waals surface area contributed by atoms with Crippen LogP contribution < -0.4 is 0 Å². The van der Waals surface area contributed by atoms with Crippen LogP contribution in [-0.2, 0) is 0 Å². The number of halogens is 2. The van der Waals surface area contributed by atoms with E-state index in [1.165, 1.54) is 43.7 Å². The SMILES string of the molecule is Fc1ccc(C2CCCCC2)cc1Cl. The van der Waals surface area contributed by atoms with E-state index in [0.29, 0.717) is 5.92 Å². The van der Waals surface area contributed by atoms with Gasteiger partial charge in [-0.3, -0.25) is 0 Å². The Morgan fingerprint density at radius 2 is 1.86 bits per heavy atom. The van der Waals surface area contributed by atoms with E-state index in [2.05, 4.69) is 0 Å². The molecular formula is C12H14ClF. The molecule has 1 fully saturated rings. The first kappa shape index (κ1) is 9.97. The Morgan fingerprint density at radius 3 is 2.50 bits per heavy atom. The molecule has 0 atom stereocenters. The zero-order valence-corrected chi connectivity index (χ0v) is 8.86. The van der Waals surface area contributed by atoms with Crippen LogP contribution in [0.2, 0.25) is 5.02 Å². The Balaban J connectivity index is 2.18. The van der Waals surface area contributed by atoms with Crippen molar-refractivity contribution < 1.29 is 4.39 Å². The normalized spacial score (nSPS) is 18.4. The van der Waals surface area contributed by atoms with Gasteiger partial charge in [0.25, 0.3) is 0 Å². The van der Waals surface area contributed by atoms with Crippen LogP contribution in [0.15, 0.2) is 18.2 Å². The molecule has 1 aromatic rings. The van der Waals surface area contributed by atoms with Crippen molar-refractivity contribution in [1.82, 2.24) is 0 Å². The Bertz CT molecular complexity index is 316. The molecule has 0 aliphatic heterocycles. The van der Waals surface area contributed by atoms with Crippen LogP contribution in [-0.4, -0.2) is 0 Å². The highest BCUT2D eigenvalue weighted by atomic mass is 35.5. The van der Waals surface area contributed by atoms with Gasteiger partial charge in [-0.15, -0.1) is 0 Å². The highest BCUT2D eigenvalue weighted by Gasteiger charge is 2.16. The maximum absolute atomic E-state index is 12.9. The number of rotatable bonds is 1. The molecule has 14 heavy (non-hydrogen) atoms. The second-order valence-corrected chi connectivity index (χ2v) is 4.42. The fourth-order valence-corrected chi connectivity index (χ4v) is 2.39. The third-order valence-electron chi connectivity index (χ3n) is 3.02. The molecule has 0 bridgehead atoms. The van der Waals surface area contributed by atoms with E-state index in [1.54, 1.807) is 6.07 Å². The van der Waals surface area contributed by atoms with Gasteiger partial charge in [0.2, 0.25) is 0 Å². The first-order valence-corrected chi connectivity index (χ1v) is 5.60. The van der Waals surface area contributed by atoms with E-state index in [1.807, 2.05) is 6.07 Å². The van der Waals surface area contributed by atoms with Crippen LogP contribution in [0.1, 0.15) is 43.6 Å². The summed E-state index contributed by atoms with van der Waals surface area (Å²) in [7, 11) is 0. The minimum absolute atomic E-state index is 0.257. The van der Waals surface area contributed by atoms with E-state index in [-0.39, 0.29) is 10.8 Å². The molecule has 1 aromatic carbocycles. The van der Waals surface area contributed by atoms with Gasteiger partial charge in [0.05, 0.1) is 5.02 Å². The zero-order chi connectivity index (χ0) is 9.97. The van der Waals surface area contributed by atoms with Crippen molar-refractivity contribution in [3.05, 3.63) is 34.6 Å². The lowest BCUT2D eigenvalue weighted by Crippen LogP contribution is -2.04. The molecule has 0 aromatic heterocycles. The highest BCUT2D eigenvalue weighted by Crippen LogP contribution is 2.33. The minimum Gasteiger partial charge on any atom is -0.205 e. The molecular weight excluding hydrogens is 199 g/mol. The fourth-order valence-electron chi connectivity index (χ4n) is 2.20. The molecule has 0 spiro atoms. The molecule has 0 heterocycles. The summed E-state index contributed by atoms with van der Waals surface area (Å²) in [6.45, 7) is 0. The Labute approximate surface area is 89.1 Å². The lowest BCUT2D eigenvalue weighted by Gasteiger charge is -2.22. The Morgan fingerprint density at radius 1 is 1.14 bits per heavy atom. The molecule has 0 nitrogen and oxygen atoms in total.